The van der Waals surface area contributed by atoms with Crippen molar-refractivity contribution in [3.8, 4) is 10.6 Å². The van der Waals surface area contributed by atoms with Crippen LogP contribution in [-0.4, -0.2) is 19.7 Å². The van der Waals surface area contributed by atoms with E-state index < -0.39 is 0 Å². The van der Waals surface area contributed by atoms with E-state index >= 15 is 0 Å². The highest BCUT2D eigenvalue weighted by molar-refractivity contribution is 7.21. The summed E-state index contributed by atoms with van der Waals surface area (Å²) in [5, 5.41) is 4.93. The largest absolute Gasteiger partial charge is 0.327 e. The molecule has 17 heavy (non-hydrogen) atoms. The summed E-state index contributed by atoms with van der Waals surface area (Å²) in [6.45, 7) is 1.94. The van der Waals surface area contributed by atoms with Crippen LogP contribution in [0, 0.1) is 6.92 Å². The van der Waals surface area contributed by atoms with E-state index in [2.05, 4.69) is 15.1 Å². The minimum atomic E-state index is -0.0850. The summed E-state index contributed by atoms with van der Waals surface area (Å²) < 4.78 is 2.39. The van der Waals surface area contributed by atoms with E-state index in [9.17, 15) is 4.79 Å². The molecule has 3 aromatic rings. The molecule has 0 unspecified atom stereocenters. The predicted molar refractivity (Wildman–Crippen MR) is 67.2 cm³/mol. The van der Waals surface area contributed by atoms with Crippen molar-refractivity contribution in [3.63, 3.8) is 0 Å². The lowest BCUT2D eigenvalue weighted by Gasteiger charge is -1.90. The van der Waals surface area contributed by atoms with E-state index in [0.717, 1.165) is 21.7 Å². The van der Waals surface area contributed by atoms with Gasteiger partial charge in [0.25, 0.3) is 5.56 Å². The molecule has 0 aliphatic heterocycles. The second-order valence-electron chi connectivity index (χ2n) is 3.90. The van der Waals surface area contributed by atoms with Gasteiger partial charge in [-0.25, -0.2) is 4.98 Å². The lowest BCUT2D eigenvalue weighted by molar-refractivity contribution is 0.768. The standard InChI is InChI=1S/C11H10N4OS/c1-6-3-12-10(16)9-8(6)14-11(17-9)7-4-13-15(2)5-7/h3-5H,1-2H3,(H,12,16). The molecule has 0 aromatic carbocycles. The Hall–Kier alpha value is -1.95. The minimum absolute atomic E-state index is 0.0850. The lowest BCUT2D eigenvalue weighted by atomic mass is 10.3. The van der Waals surface area contributed by atoms with Gasteiger partial charge in [-0.05, 0) is 12.5 Å². The predicted octanol–water partition coefficient (Wildman–Crippen LogP) is 1.69. The fourth-order valence-electron chi connectivity index (χ4n) is 1.70. The Labute approximate surface area is 101 Å². The topological polar surface area (TPSA) is 63.6 Å². The summed E-state index contributed by atoms with van der Waals surface area (Å²) in [6.07, 6.45) is 5.33. The second-order valence-corrected chi connectivity index (χ2v) is 4.90. The van der Waals surface area contributed by atoms with E-state index in [0.29, 0.717) is 4.70 Å². The van der Waals surface area contributed by atoms with Crippen LogP contribution < -0.4 is 5.56 Å². The molecule has 0 saturated carbocycles. The number of hydrogen-bond donors (Lipinski definition) is 1. The third kappa shape index (κ3) is 1.57. The van der Waals surface area contributed by atoms with Crippen molar-refractivity contribution in [2.24, 2.45) is 7.05 Å². The summed E-state index contributed by atoms with van der Waals surface area (Å²) in [5.41, 5.74) is 2.61. The number of rotatable bonds is 1. The summed E-state index contributed by atoms with van der Waals surface area (Å²) in [4.78, 5) is 18.9. The first kappa shape index (κ1) is 10.2. The molecule has 0 spiro atoms. The highest BCUT2D eigenvalue weighted by atomic mass is 32.1. The highest BCUT2D eigenvalue weighted by Gasteiger charge is 2.11. The lowest BCUT2D eigenvalue weighted by Crippen LogP contribution is -2.03. The molecule has 0 saturated heterocycles. The smallest absolute Gasteiger partial charge is 0.267 e. The van der Waals surface area contributed by atoms with E-state index in [1.165, 1.54) is 11.3 Å². The highest BCUT2D eigenvalue weighted by Crippen LogP contribution is 2.28. The number of hydrogen-bond acceptors (Lipinski definition) is 4. The maximum Gasteiger partial charge on any atom is 0.267 e. The zero-order valence-electron chi connectivity index (χ0n) is 9.39. The molecule has 3 aromatic heterocycles. The molecule has 1 N–H and O–H groups in total. The second kappa shape index (κ2) is 3.53. The molecule has 3 rings (SSSR count). The Kier molecular flexibility index (Phi) is 2.12. The first-order valence-electron chi connectivity index (χ1n) is 5.13. The zero-order valence-corrected chi connectivity index (χ0v) is 10.2. The van der Waals surface area contributed by atoms with Gasteiger partial charge in [-0.1, -0.05) is 0 Å². The Morgan fingerprint density at radius 3 is 2.94 bits per heavy atom. The summed E-state index contributed by atoms with van der Waals surface area (Å²) in [5.74, 6) is 0. The number of nitrogens with zero attached hydrogens (tertiary/aromatic N) is 3. The summed E-state index contributed by atoms with van der Waals surface area (Å²) >= 11 is 1.40. The summed E-state index contributed by atoms with van der Waals surface area (Å²) in [7, 11) is 1.86. The van der Waals surface area contributed by atoms with E-state index in [4.69, 9.17) is 0 Å². The van der Waals surface area contributed by atoms with Crippen molar-refractivity contribution in [2.45, 2.75) is 6.92 Å². The normalized spacial score (nSPS) is 11.2. The zero-order chi connectivity index (χ0) is 12.0. The molecule has 0 bridgehead atoms. The average Bonchev–Trinajstić information content (AvgIpc) is 2.90. The first-order chi connectivity index (χ1) is 8.15. The van der Waals surface area contributed by atoms with Gasteiger partial charge in [0.1, 0.15) is 9.71 Å². The molecule has 0 aliphatic carbocycles. The average molecular weight is 246 g/mol. The minimum Gasteiger partial charge on any atom is -0.327 e. The van der Waals surface area contributed by atoms with E-state index in [1.54, 1.807) is 17.1 Å². The molecule has 0 fully saturated rings. The Morgan fingerprint density at radius 1 is 1.47 bits per heavy atom. The van der Waals surface area contributed by atoms with Crippen LogP contribution in [0.2, 0.25) is 0 Å². The molecule has 86 valence electrons. The number of H-pyrrole nitrogens is 1. The van der Waals surface area contributed by atoms with Crippen molar-refractivity contribution in [1.29, 1.82) is 0 Å². The fraction of sp³-hybridized carbons (Fsp3) is 0.182. The van der Waals surface area contributed by atoms with Gasteiger partial charge in [0, 0.05) is 25.0 Å². The van der Waals surface area contributed by atoms with Crippen LogP contribution in [0.1, 0.15) is 5.56 Å². The Bertz CT molecular complexity index is 752. The Balaban J connectivity index is 2.30. The van der Waals surface area contributed by atoms with Gasteiger partial charge < -0.3 is 4.98 Å². The fourth-order valence-corrected chi connectivity index (χ4v) is 2.71. The van der Waals surface area contributed by atoms with Gasteiger partial charge >= 0.3 is 0 Å². The number of fused-ring (bicyclic) bond motifs is 1. The van der Waals surface area contributed by atoms with E-state index in [1.807, 2.05) is 20.2 Å². The maximum absolute atomic E-state index is 11.7. The molecule has 0 atom stereocenters. The molecular formula is C11H10N4OS. The Morgan fingerprint density at radius 2 is 2.29 bits per heavy atom. The van der Waals surface area contributed by atoms with Crippen molar-refractivity contribution < 1.29 is 0 Å². The molecular weight excluding hydrogens is 236 g/mol. The van der Waals surface area contributed by atoms with E-state index in [-0.39, 0.29) is 5.56 Å². The van der Waals surface area contributed by atoms with Crippen molar-refractivity contribution >= 4 is 21.6 Å². The number of pyridine rings is 1. The summed E-state index contributed by atoms with van der Waals surface area (Å²) in [6, 6.07) is 0. The van der Waals surface area contributed by atoms with Gasteiger partial charge in [-0.2, -0.15) is 5.10 Å². The van der Waals surface area contributed by atoms with Gasteiger partial charge in [0.05, 0.1) is 11.7 Å². The van der Waals surface area contributed by atoms with Crippen LogP contribution in [0.4, 0.5) is 0 Å². The number of nitrogens with one attached hydrogen (secondary N) is 1. The molecule has 0 amide bonds. The number of aromatic nitrogens is 4. The van der Waals surface area contributed by atoms with Crippen molar-refractivity contribution in [1.82, 2.24) is 19.7 Å². The molecule has 0 radical (unpaired) electrons. The van der Waals surface area contributed by atoms with Crippen molar-refractivity contribution in [3.05, 3.63) is 34.5 Å². The third-order valence-corrected chi connectivity index (χ3v) is 3.68. The SMILES string of the molecule is Cc1c[nH]c(=O)c2sc(-c3cnn(C)c3)nc12. The van der Waals surface area contributed by atoms with Gasteiger partial charge in [0.2, 0.25) is 0 Å². The van der Waals surface area contributed by atoms with Crippen LogP contribution in [0.5, 0.6) is 0 Å². The number of aromatic amines is 1. The molecule has 0 aliphatic rings. The monoisotopic (exact) mass is 246 g/mol. The third-order valence-electron chi connectivity index (χ3n) is 2.58. The maximum atomic E-state index is 11.7. The first-order valence-corrected chi connectivity index (χ1v) is 5.94. The van der Waals surface area contributed by atoms with Crippen LogP contribution in [-0.2, 0) is 7.05 Å². The van der Waals surface area contributed by atoms with Gasteiger partial charge in [-0.15, -0.1) is 11.3 Å². The van der Waals surface area contributed by atoms with Crippen LogP contribution in [0.15, 0.2) is 23.4 Å². The van der Waals surface area contributed by atoms with Crippen LogP contribution >= 0.6 is 11.3 Å². The molecule has 3 heterocycles. The number of aryl methyl sites for hydroxylation is 2. The van der Waals surface area contributed by atoms with Crippen LogP contribution in [0.25, 0.3) is 20.8 Å². The van der Waals surface area contributed by atoms with Gasteiger partial charge in [0.15, 0.2) is 0 Å². The number of thiazole rings is 1. The van der Waals surface area contributed by atoms with Crippen LogP contribution in [0.3, 0.4) is 0 Å². The van der Waals surface area contributed by atoms with Crippen molar-refractivity contribution in [2.75, 3.05) is 0 Å². The van der Waals surface area contributed by atoms with Gasteiger partial charge in [-0.3, -0.25) is 9.48 Å². The quantitative estimate of drug-likeness (QED) is 0.710. The molecule has 6 heteroatoms. The molecule has 5 nitrogen and oxygen atoms in total.